The molecule has 4 rings (SSSR count). The maximum absolute atomic E-state index is 13.5. The Morgan fingerprint density at radius 1 is 1.00 bits per heavy atom. The molecular weight excluding hydrogens is 339 g/mol. The molecule has 1 fully saturated rings. The van der Waals surface area contributed by atoms with Crippen LogP contribution in [-0.4, -0.2) is 28.1 Å². The lowest BCUT2D eigenvalue weighted by Gasteiger charge is -2.22. The highest BCUT2D eigenvalue weighted by molar-refractivity contribution is 7.92. The lowest BCUT2D eigenvalue weighted by molar-refractivity contribution is 0.590. The Labute approximate surface area is 147 Å². The highest BCUT2D eigenvalue weighted by Gasteiger charge is 2.31. The quantitative estimate of drug-likeness (QED) is 0.841. The van der Waals surface area contributed by atoms with Crippen LogP contribution in [0.1, 0.15) is 24.0 Å². The molecule has 0 N–H and O–H groups in total. The third-order valence-electron chi connectivity index (χ3n) is 5.10. The van der Waals surface area contributed by atoms with Crippen molar-refractivity contribution in [3.05, 3.63) is 53.3 Å². The third kappa shape index (κ3) is 2.78. The van der Waals surface area contributed by atoms with Gasteiger partial charge in [-0.15, -0.1) is 0 Å². The number of hydrogen-bond acceptors (Lipinski definition) is 3. The largest absolute Gasteiger partial charge is 0.372 e. The van der Waals surface area contributed by atoms with Crippen LogP contribution in [0.4, 0.5) is 15.8 Å². The maximum Gasteiger partial charge on any atom is 0.264 e. The number of benzene rings is 2. The zero-order valence-electron chi connectivity index (χ0n) is 14.2. The molecule has 0 saturated carbocycles. The average Bonchev–Trinajstić information content (AvgIpc) is 3.25. The van der Waals surface area contributed by atoms with Crippen LogP contribution < -0.4 is 9.21 Å². The van der Waals surface area contributed by atoms with Gasteiger partial charge in [0.05, 0.1) is 10.6 Å². The van der Waals surface area contributed by atoms with Crippen LogP contribution in [0.3, 0.4) is 0 Å². The number of hydrogen-bond donors (Lipinski definition) is 0. The Balaban J connectivity index is 1.68. The van der Waals surface area contributed by atoms with E-state index in [4.69, 9.17) is 0 Å². The fourth-order valence-corrected chi connectivity index (χ4v) is 5.27. The maximum atomic E-state index is 13.5. The highest BCUT2D eigenvalue weighted by Crippen LogP contribution is 2.36. The molecule has 2 aliphatic rings. The summed E-state index contributed by atoms with van der Waals surface area (Å²) in [5.41, 5.74) is 3.31. The first-order valence-corrected chi connectivity index (χ1v) is 10.1. The topological polar surface area (TPSA) is 40.6 Å². The van der Waals surface area contributed by atoms with Crippen molar-refractivity contribution in [2.45, 2.75) is 31.1 Å². The van der Waals surface area contributed by atoms with E-state index in [9.17, 15) is 12.8 Å². The van der Waals surface area contributed by atoms with Crippen molar-refractivity contribution >= 4 is 21.4 Å². The first-order chi connectivity index (χ1) is 12.0. The molecule has 2 heterocycles. The molecule has 2 aliphatic heterocycles. The molecule has 0 radical (unpaired) electrons. The summed E-state index contributed by atoms with van der Waals surface area (Å²) >= 11 is 0. The predicted molar refractivity (Wildman–Crippen MR) is 97.3 cm³/mol. The van der Waals surface area contributed by atoms with E-state index >= 15 is 0 Å². The molecule has 1 saturated heterocycles. The SMILES string of the molecule is Cc1cc(S(=O)(=O)N2CCc3cc(N4CCCC4)ccc32)ccc1F. The van der Waals surface area contributed by atoms with E-state index in [1.54, 1.807) is 6.92 Å². The molecule has 4 nitrogen and oxygen atoms in total. The number of sulfonamides is 1. The number of rotatable bonds is 3. The third-order valence-corrected chi connectivity index (χ3v) is 6.91. The van der Waals surface area contributed by atoms with Crippen LogP contribution in [0.15, 0.2) is 41.3 Å². The Morgan fingerprint density at radius 2 is 1.76 bits per heavy atom. The summed E-state index contributed by atoms with van der Waals surface area (Å²) in [7, 11) is -3.67. The highest BCUT2D eigenvalue weighted by atomic mass is 32.2. The Morgan fingerprint density at radius 3 is 2.48 bits per heavy atom. The first-order valence-electron chi connectivity index (χ1n) is 8.63. The molecule has 2 aromatic rings. The van der Waals surface area contributed by atoms with Crippen molar-refractivity contribution in [2.24, 2.45) is 0 Å². The monoisotopic (exact) mass is 360 g/mol. The molecule has 0 amide bonds. The number of anilines is 2. The summed E-state index contributed by atoms with van der Waals surface area (Å²) in [6.45, 7) is 4.14. The molecule has 132 valence electrons. The predicted octanol–water partition coefficient (Wildman–Crippen LogP) is 3.49. The summed E-state index contributed by atoms with van der Waals surface area (Å²) in [5.74, 6) is -0.393. The summed E-state index contributed by atoms with van der Waals surface area (Å²) in [6, 6.07) is 10.00. The Hall–Kier alpha value is -2.08. The Kier molecular flexibility index (Phi) is 3.95. The molecule has 2 aromatic carbocycles. The summed E-state index contributed by atoms with van der Waals surface area (Å²) in [4.78, 5) is 2.49. The molecular formula is C19H21FN2O2S. The van der Waals surface area contributed by atoms with Crippen LogP contribution in [0.2, 0.25) is 0 Å². The number of nitrogens with zero attached hydrogens (tertiary/aromatic N) is 2. The van der Waals surface area contributed by atoms with Gasteiger partial charge in [0, 0.05) is 25.3 Å². The second kappa shape index (κ2) is 6.02. The van der Waals surface area contributed by atoms with E-state index in [1.165, 1.54) is 41.0 Å². The number of fused-ring (bicyclic) bond motifs is 1. The fraction of sp³-hybridized carbons (Fsp3) is 0.368. The van der Waals surface area contributed by atoms with Crippen molar-refractivity contribution in [2.75, 3.05) is 28.8 Å². The van der Waals surface area contributed by atoms with E-state index in [1.807, 2.05) is 12.1 Å². The zero-order chi connectivity index (χ0) is 17.6. The second-order valence-electron chi connectivity index (χ2n) is 6.75. The van der Waals surface area contributed by atoms with Gasteiger partial charge < -0.3 is 4.90 Å². The lowest BCUT2D eigenvalue weighted by atomic mass is 10.1. The first kappa shape index (κ1) is 16.4. The smallest absolute Gasteiger partial charge is 0.264 e. The van der Waals surface area contributed by atoms with Crippen LogP contribution in [0, 0.1) is 12.7 Å². The molecule has 25 heavy (non-hydrogen) atoms. The van der Waals surface area contributed by atoms with Gasteiger partial charge in [0.15, 0.2) is 0 Å². The molecule has 0 atom stereocenters. The van der Waals surface area contributed by atoms with Crippen LogP contribution in [-0.2, 0) is 16.4 Å². The summed E-state index contributed by atoms with van der Waals surface area (Å²) in [6.07, 6.45) is 3.12. The van der Waals surface area contributed by atoms with E-state index in [2.05, 4.69) is 11.0 Å². The molecule has 0 aromatic heterocycles. The Bertz CT molecular complexity index is 921. The van der Waals surface area contributed by atoms with Crippen LogP contribution in [0.5, 0.6) is 0 Å². The van der Waals surface area contributed by atoms with E-state index in [-0.39, 0.29) is 4.90 Å². The van der Waals surface area contributed by atoms with Crippen molar-refractivity contribution in [1.29, 1.82) is 0 Å². The molecule has 0 spiro atoms. The van der Waals surface area contributed by atoms with Crippen molar-refractivity contribution in [1.82, 2.24) is 0 Å². The lowest BCUT2D eigenvalue weighted by Crippen LogP contribution is -2.29. The van der Waals surface area contributed by atoms with E-state index < -0.39 is 15.8 Å². The van der Waals surface area contributed by atoms with Gasteiger partial charge in [0.25, 0.3) is 10.0 Å². The van der Waals surface area contributed by atoms with Gasteiger partial charge in [0.1, 0.15) is 5.82 Å². The van der Waals surface area contributed by atoms with E-state index in [0.29, 0.717) is 18.5 Å². The van der Waals surface area contributed by atoms with Gasteiger partial charge in [0.2, 0.25) is 0 Å². The fourth-order valence-electron chi connectivity index (χ4n) is 3.68. The second-order valence-corrected chi connectivity index (χ2v) is 8.61. The minimum atomic E-state index is -3.67. The zero-order valence-corrected chi connectivity index (χ0v) is 15.0. The molecule has 6 heteroatoms. The normalized spacial score (nSPS) is 17.2. The minimum Gasteiger partial charge on any atom is -0.372 e. The molecule has 0 bridgehead atoms. The van der Waals surface area contributed by atoms with Gasteiger partial charge in [-0.05, 0) is 73.7 Å². The van der Waals surface area contributed by atoms with Gasteiger partial charge in [-0.25, -0.2) is 12.8 Å². The summed E-state index contributed by atoms with van der Waals surface area (Å²) < 4.78 is 40.9. The van der Waals surface area contributed by atoms with Crippen LogP contribution >= 0.6 is 0 Å². The van der Waals surface area contributed by atoms with Crippen molar-refractivity contribution in [3.63, 3.8) is 0 Å². The van der Waals surface area contributed by atoms with Gasteiger partial charge >= 0.3 is 0 Å². The van der Waals surface area contributed by atoms with Crippen LogP contribution in [0.25, 0.3) is 0 Å². The van der Waals surface area contributed by atoms with Gasteiger partial charge in [-0.2, -0.15) is 0 Å². The standard InChI is InChI=1S/C19H21FN2O2S/c1-14-12-17(5-6-18(14)20)25(23,24)22-11-8-15-13-16(4-7-19(15)22)21-9-2-3-10-21/h4-7,12-13H,2-3,8-11H2,1H3. The minimum absolute atomic E-state index is 0.142. The van der Waals surface area contributed by atoms with Gasteiger partial charge in [-0.3, -0.25) is 4.31 Å². The van der Waals surface area contributed by atoms with Gasteiger partial charge in [-0.1, -0.05) is 0 Å². The van der Waals surface area contributed by atoms with Crippen molar-refractivity contribution < 1.29 is 12.8 Å². The van der Waals surface area contributed by atoms with Crippen molar-refractivity contribution in [3.8, 4) is 0 Å². The number of aryl methyl sites for hydroxylation is 1. The molecule has 0 unspecified atom stereocenters. The summed E-state index contributed by atoms with van der Waals surface area (Å²) in [5, 5.41) is 0. The number of halogens is 1. The molecule has 0 aliphatic carbocycles. The average molecular weight is 360 g/mol. The van der Waals surface area contributed by atoms with E-state index in [0.717, 1.165) is 24.3 Å².